The summed E-state index contributed by atoms with van der Waals surface area (Å²) in [6.45, 7) is 8.47. The SMILES string of the molecule is COC(=O)C1(C)CC[C@H]2[C@@H]3CC=C4CC(OC(C)=O)CC[C@]4(C)[C@H]3CC[C@@]21C. The molecular weight excluding hydrogens is 352 g/mol. The standard InChI is InChI=1S/C24H36O4/c1-15(25)28-17-8-11-22(2)16(14-17)6-7-18-19(22)9-12-23(3)20(18)10-13-24(23,4)21(26)27-5/h6,17-20H,7-14H2,1-5H3/t17?,18-,19+,20+,22+,23+,24?/m1/s1. The Balaban J connectivity index is 1.60. The molecule has 0 aromatic carbocycles. The Morgan fingerprint density at radius 1 is 1.04 bits per heavy atom. The van der Waals surface area contributed by atoms with Crippen molar-refractivity contribution in [3.05, 3.63) is 11.6 Å². The molecule has 0 N–H and O–H groups in total. The minimum atomic E-state index is -0.352. The van der Waals surface area contributed by atoms with Crippen molar-refractivity contribution < 1.29 is 19.1 Å². The third-order valence-corrected chi connectivity index (χ3v) is 9.63. The predicted molar refractivity (Wildman–Crippen MR) is 107 cm³/mol. The van der Waals surface area contributed by atoms with Crippen molar-refractivity contribution in [2.75, 3.05) is 7.11 Å². The Morgan fingerprint density at radius 3 is 2.43 bits per heavy atom. The Labute approximate surface area is 169 Å². The van der Waals surface area contributed by atoms with Gasteiger partial charge in [0.2, 0.25) is 0 Å². The van der Waals surface area contributed by atoms with E-state index in [2.05, 4.69) is 26.8 Å². The largest absolute Gasteiger partial charge is 0.469 e. The van der Waals surface area contributed by atoms with E-state index < -0.39 is 0 Å². The molecule has 0 spiro atoms. The summed E-state index contributed by atoms with van der Waals surface area (Å²) in [5, 5.41) is 0. The van der Waals surface area contributed by atoms with E-state index in [4.69, 9.17) is 9.47 Å². The van der Waals surface area contributed by atoms with Crippen molar-refractivity contribution in [2.45, 2.75) is 85.2 Å². The van der Waals surface area contributed by atoms with E-state index in [0.29, 0.717) is 17.8 Å². The first-order valence-corrected chi connectivity index (χ1v) is 11.1. The van der Waals surface area contributed by atoms with Gasteiger partial charge in [-0.3, -0.25) is 9.59 Å². The summed E-state index contributed by atoms with van der Waals surface area (Å²) in [5.74, 6) is 1.75. The van der Waals surface area contributed by atoms with Crippen LogP contribution in [0.1, 0.15) is 79.1 Å². The molecule has 0 radical (unpaired) electrons. The highest BCUT2D eigenvalue weighted by atomic mass is 16.5. The zero-order chi connectivity index (χ0) is 20.3. The molecule has 0 heterocycles. The summed E-state index contributed by atoms with van der Waals surface area (Å²) in [5.41, 5.74) is 1.43. The Morgan fingerprint density at radius 2 is 1.75 bits per heavy atom. The zero-order valence-corrected chi connectivity index (χ0v) is 18.2. The normalized spacial score (nSPS) is 47.2. The fraction of sp³-hybridized carbons (Fsp3) is 0.833. The lowest BCUT2D eigenvalue weighted by Crippen LogP contribution is -2.53. The first-order chi connectivity index (χ1) is 13.2. The van der Waals surface area contributed by atoms with Crippen LogP contribution in [0.15, 0.2) is 11.6 Å². The van der Waals surface area contributed by atoms with Crippen LogP contribution in [0.3, 0.4) is 0 Å². The van der Waals surface area contributed by atoms with Gasteiger partial charge in [-0.1, -0.05) is 25.5 Å². The maximum Gasteiger partial charge on any atom is 0.312 e. The fourth-order valence-corrected chi connectivity index (χ4v) is 7.79. The molecule has 0 aromatic rings. The predicted octanol–water partition coefficient (Wildman–Crippen LogP) is 5.06. The van der Waals surface area contributed by atoms with Crippen molar-refractivity contribution in [1.29, 1.82) is 0 Å². The van der Waals surface area contributed by atoms with E-state index in [1.807, 2.05) is 0 Å². The van der Waals surface area contributed by atoms with E-state index in [1.54, 1.807) is 0 Å². The highest BCUT2D eigenvalue weighted by Gasteiger charge is 2.65. The number of hydrogen-bond donors (Lipinski definition) is 0. The Hall–Kier alpha value is -1.32. The second kappa shape index (κ2) is 6.60. The molecule has 3 fully saturated rings. The minimum Gasteiger partial charge on any atom is -0.469 e. The van der Waals surface area contributed by atoms with Crippen molar-refractivity contribution in [2.24, 2.45) is 34.0 Å². The molecule has 0 aromatic heterocycles. The molecular formula is C24H36O4. The summed E-state index contributed by atoms with van der Waals surface area (Å²) in [4.78, 5) is 24.1. The summed E-state index contributed by atoms with van der Waals surface area (Å²) in [7, 11) is 1.54. The van der Waals surface area contributed by atoms with Gasteiger partial charge < -0.3 is 9.47 Å². The van der Waals surface area contributed by atoms with Gasteiger partial charge in [0.05, 0.1) is 12.5 Å². The van der Waals surface area contributed by atoms with E-state index in [9.17, 15) is 9.59 Å². The third-order valence-electron chi connectivity index (χ3n) is 9.63. The second-order valence-electron chi connectivity index (χ2n) is 10.6. The fourth-order valence-electron chi connectivity index (χ4n) is 7.79. The molecule has 4 nitrogen and oxygen atoms in total. The van der Waals surface area contributed by atoms with Crippen LogP contribution in [0.25, 0.3) is 0 Å². The number of hydrogen-bond acceptors (Lipinski definition) is 4. The van der Waals surface area contributed by atoms with Crippen molar-refractivity contribution in [3.63, 3.8) is 0 Å². The van der Waals surface area contributed by atoms with Gasteiger partial charge in [-0.15, -0.1) is 0 Å². The average molecular weight is 389 g/mol. The van der Waals surface area contributed by atoms with Gasteiger partial charge in [-0.25, -0.2) is 0 Å². The molecule has 156 valence electrons. The summed E-state index contributed by atoms with van der Waals surface area (Å²) in [6.07, 6.45) is 11.0. The smallest absolute Gasteiger partial charge is 0.312 e. The number of allylic oxidation sites excluding steroid dienone is 1. The third kappa shape index (κ3) is 2.62. The number of carbonyl (C=O) groups is 2. The first kappa shape index (κ1) is 20.0. The minimum absolute atomic E-state index is 0.0175. The van der Waals surface area contributed by atoms with Gasteiger partial charge in [0, 0.05) is 13.3 Å². The number of fused-ring (bicyclic) bond motifs is 5. The number of methoxy groups -OCH3 is 1. The quantitative estimate of drug-likeness (QED) is 0.490. The lowest BCUT2D eigenvalue weighted by atomic mass is 9.46. The summed E-state index contributed by atoms with van der Waals surface area (Å²) < 4.78 is 10.8. The average Bonchev–Trinajstić information content (AvgIpc) is 2.93. The van der Waals surface area contributed by atoms with Crippen molar-refractivity contribution >= 4 is 11.9 Å². The summed E-state index contributed by atoms with van der Waals surface area (Å²) >= 11 is 0. The van der Waals surface area contributed by atoms with Crippen LogP contribution in [-0.2, 0) is 19.1 Å². The molecule has 4 rings (SSSR count). The van der Waals surface area contributed by atoms with Crippen molar-refractivity contribution in [1.82, 2.24) is 0 Å². The van der Waals surface area contributed by atoms with E-state index in [1.165, 1.54) is 26.0 Å². The zero-order valence-electron chi connectivity index (χ0n) is 18.2. The topological polar surface area (TPSA) is 52.6 Å². The van der Waals surface area contributed by atoms with Crippen LogP contribution in [0.2, 0.25) is 0 Å². The van der Waals surface area contributed by atoms with Gasteiger partial charge in [-0.2, -0.15) is 0 Å². The first-order valence-electron chi connectivity index (χ1n) is 11.1. The molecule has 0 amide bonds. The highest BCUT2D eigenvalue weighted by molar-refractivity contribution is 5.78. The van der Waals surface area contributed by atoms with Gasteiger partial charge in [0.25, 0.3) is 0 Å². The maximum atomic E-state index is 12.7. The van der Waals surface area contributed by atoms with Gasteiger partial charge in [0.1, 0.15) is 6.10 Å². The lowest BCUT2D eigenvalue weighted by molar-refractivity contribution is -0.165. The summed E-state index contributed by atoms with van der Waals surface area (Å²) in [6, 6.07) is 0. The molecule has 0 aliphatic heterocycles. The van der Waals surface area contributed by atoms with Crippen molar-refractivity contribution in [3.8, 4) is 0 Å². The molecule has 0 bridgehead atoms. The molecule has 3 saturated carbocycles. The van der Waals surface area contributed by atoms with Crippen LogP contribution >= 0.6 is 0 Å². The molecule has 7 atom stereocenters. The monoisotopic (exact) mass is 388 g/mol. The lowest BCUT2D eigenvalue weighted by Gasteiger charge is -2.59. The molecule has 4 aliphatic rings. The van der Waals surface area contributed by atoms with Gasteiger partial charge in [-0.05, 0) is 80.5 Å². The molecule has 2 unspecified atom stereocenters. The van der Waals surface area contributed by atoms with E-state index in [-0.39, 0.29) is 34.3 Å². The van der Waals surface area contributed by atoms with Crippen LogP contribution in [0.5, 0.6) is 0 Å². The number of rotatable bonds is 2. The van der Waals surface area contributed by atoms with Crippen LogP contribution in [-0.4, -0.2) is 25.2 Å². The van der Waals surface area contributed by atoms with Crippen LogP contribution in [0.4, 0.5) is 0 Å². The maximum absolute atomic E-state index is 12.7. The van der Waals surface area contributed by atoms with Gasteiger partial charge in [0.15, 0.2) is 0 Å². The number of esters is 2. The molecule has 0 saturated heterocycles. The number of carbonyl (C=O) groups excluding carboxylic acids is 2. The Bertz CT molecular complexity index is 711. The van der Waals surface area contributed by atoms with E-state index in [0.717, 1.165) is 44.9 Å². The Kier molecular flexibility index (Phi) is 4.71. The molecule has 4 aliphatic carbocycles. The van der Waals surface area contributed by atoms with Crippen LogP contribution < -0.4 is 0 Å². The number of ether oxygens (including phenoxy) is 2. The molecule has 28 heavy (non-hydrogen) atoms. The van der Waals surface area contributed by atoms with E-state index >= 15 is 0 Å². The molecule has 4 heteroatoms. The van der Waals surface area contributed by atoms with Crippen LogP contribution in [0, 0.1) is 34.0 Å². The van der Waals surface area contributed by atoms with Gasteiger partial charge >= 0.3 is 11.9 Å². The second-order valence-corrected chi connectivity index (χ2v) is 10.6. The highest BCUT2D eigenvalue weighted by Crippen LogP contribution is 2.69.